The molecule has 5 nitrogen and oxygen atoms in total. The molecule has 2 N–H and O–H groups in total. The summed E-state index contributed by atoms with van der Waals surface area (Å²) < 4.78 is 40.8. The molecule has 3 aliphatic rings. The Kier molecular flexibility index (Phi) is 5.54. The summed E-state index contributed by atoms with van der Waals surface area (Å²) in [5.41, 5.74) is 6.48. The summed E-state index contributed by atoms with van der Waals surface area (Å²) >= 11 is 0. The molecule has 1 aromatic rings. The highest BCUT2D eigenvalue weighted by molar-refractivity contribution is 5.83. The number of amides is 1. The van der Waals surface area contributed by atoms with Crippen molar-refractivity contribution in [3.05, 3.63) is 35.1 Å². The first-order valence-electron chi connectivity index (χ1n) is 10.2. The van der Waals surface area contributed by atoms with Gasteiger partial charge < -0.3 is 10.6 Å². The fourth-order valence-electron chi connectivity index (χ4n) is 5.31. The first-order chi connectivity index (χ1) is 13.9. The lowest BCUT2D eigenvalue weighted by Crippen LogP contribution is -2.53. The molecule has 0 aliphatic carbocycles. The van der Waals surface area contributed by atoms with E-state index in [0.29, 0.717) is 31.9 Å². The molecule has 4 atom stereocenters. The lowest BCUT2D eigenvalue weighted by Gasteiger charge is -2.41. The van der Waals surface area contributed by atoms with E-state index in [9.17, 15) is 23.2 Å². The van der Waals surface area contributed by atoms with Crippen LogP contribution in [-0.2, 0) is 11.3 Å². The molecule has 3 saturated heterocycles. The molecule has 8 heteroatoms. The van der Waals surface area contributed by atoms with Crippen molar-refractivity contribution >= 4 is 5.91 Å². The molecule has 1 aromatic carbocycles. The predicted octanol–water partition coefficient (Wildman–Crippen LogP) is 2.69. The molecular formula is C21H25F3N4O. The number of carbonyl (C=O) groups is 1. The van der Waals surface area contributed by atoms with E-state index in [0.717, 1.165) is 25.3 Å². The van der Waals surface area contributed by atoms with Gasteiger partial charge in [0.05, 0.1) is 12.1 Å². The van der Waals surface area contributed by atoms with Crippen LogP contribution in [0.3, 0.4) is 0 Å². The van der Waals surface area contributed by atoms with E-state index in [2.05, 4.69) is 11.0 Å². The van der Waals surface area contributed by atoms with Gasteiger partial charge in [-0.25, -0.2) is 13.2 Å². The van der Waals surface area contributed by atoms with Crippen molar-refractivity contribution in [3.8, 4) is 6.07 Å². The largest absolute Gasteiger partial charge is 0.325 e. The standard InChI is InChI=1S/C21H25F3N4O/c22-17-9-19(24)18(23)8-13(17)11-28-14-3-4-15(28)7-12(6-14)20(26)21(29)27-5-1-2-16(27)10-25/h8-9,12,14-16,20H,1-7,11,26H2/t14-,15-,16-,20-/m0/s1. The number of carbonyl (C=O) groups excluding carboxylic acids is 1. The molecule has 3 aliphatic heterocycles. The van der Waals surface area contributed by atoms with Gasteiger partial charge in [-0.15, -0.1) is 0 Å². The maximum absolute atomic E-state index is 14.1. The Morgan fingerprint density at radius 2 is 1.79 bits per heavy atom. The Morgan fingerprint density at radius 1 is 1.14 bits per heavy atom. The van der Waals surface area contributed by atoms with Gasteiger partial charge in [-0.05, 0) is 50.5 Å². The number of hydrogen-bond acceptors (Lipinski definition) is 4. The number of nitrogens with zero attached hydrogens (tertiary/aromatic N) is 3. The molecular weight excluding hydrogens is 381 g/mol. The summed E-state index contributed by atoms with van der Waals surface area (Å²) in [4.78, 5) is 16.6. The van der Waals surface area contributed by atoms with Gasteiger partial charge in [0.1, 0.15) is 11.9 Å². The molecule has 0 unspecified atom stereocenters. The molecule has 0 radical (unpaired) electrons. The predicted molar refractivity (Wildman–Crippen MR) is 99.7 cm³/mol. The molecule has 0 aromatic heterocycles. The minimum absolute atomic E-state index is 0.00555. The third-order valence-corrected chi connectivity index (χ3v) is 6.84. The number of likely N-dealkylation sites (tertiary alicyclic amines) is 1. The first kappa shape index (κ1) is 20.2. The minimum atomic E-state index is -1.19. The van der Waals surface area contributed by atoms with Gasteiger partial charge >= 0.3 is 0 Å². The van der Waals surface area contributed by atoms with Crippen molar-refractivity contribution < 1.29 is 18.0 Å². The number of piperidine rings is 1. The maximum Gasteiger partial charge on any atom is 0.240 e. The van der Waals surface area contributed by atoms with E-state index < -0.39 is 23.5 Å². The highest BCUT2D eigenvalue weighted by Crippen LogP contribution is 2.41. The fraction of sp³-hybridized carbons (Fsp3) is 0.619. The van der Waals surface area contributed by atoms with Crippen LogP contribution in [0.4, 0.5) is 13.2 Å². The number of halogens is 3. The van der Waals surface area contributed by atoms with E-state index in [1.54, 1.807) is 4.90 Å². The number of rotatable bonds is 4. The van der Waals surface area contributed by atoms with Crippen molar-refractivity contribution in [1.82, 2.24) is 9.80 Å². The summed E-state index contributed by atoms with van der Waals surface area (Å²) in [5, 5.41) is 9.23. The Labute approximate surface area is 168 Å². The maximum atomic E-state index is 14.1. The third kappa shape index (κ3) is 3.74. The van der Waals surface area contributed by atoms with Crippen LogP contribution in [0.25, 0.3) is 0 Å². The molecule has 0 spiro atoms. The molecule has 3 fully saturated rings. The first-order valence-corrected chi connectivity index (χ1v) is 10.2. The highest BCUT2D eigenvalue weighted by atomic mass is 19.2. The summed E-state index contributed by atoms with van der Waals surface area (Å²) in [5.74, 6) is -3.12. The van der Waals surface area contributed by atoms with Gasteiger partial charge in [-0.2, -0.15) is 5.26 Å². The van der Waals surface area contributed by atoms with E-state index in [1.165, 1.54) is 0 Å². The number of hydrogen-bond donors (Lipinski definition) is 1. The molecule has 1 amide bonds. The van der Waals surface area contributed by atoms with Crippen LogP contribution in [0.1, 0.15) is 44.1 Å². The number of benzene rings is 1. The van der Waals surface area contributed by atoms with Crippen LogP contribution in [0.15, 0.2) is 12.1 Å². The topological polar surface area (TPSA) is 73.4 Å². The van der Waals surface area contributed by atoms with Crippen molar-refractivity contribution in [2.45, 2.75) is 69.2 Å². The second kappa shape index (κ2) is 7.96. The Hall–Kier alpha value is -2.11. The average Bonchev–Trinajstić information content (AvgIpc) is 3.26. The monoisotopic (exact) mass is 406 g/mol. The minimum Gasteiger partial charge on any atom is -0.325 e. The Bertz CT molecular complexity index is 828. The third-order valence-electron chi connectivity index (χ3n) is 6.84. The summed E-state index contributed by atoms with van der Waals surface area (Å²) in [6.07, 6.45) is 4.76. The number of nitriles is 1. The summed E-state index contributed by atoms with van der Waals surface area (Å²) in [6.45, 7) is 0.794. The Morgan fingerprint density at radius 3 is 2.45 bits per heavy atom. The van der Waals surface area contributed by atoms with E-state index in [4.69, 9.17) is 5.73 Å². The van der Waals surface area contributed by atoms with Crippen molar-refractivity contribution in [3.63, 3.8) is 0 Å². The SMILES string of the molecule is N#C[C@@H]1CCCN1C(=O)[C@@H](N)C1C[C@@H]2CC[C@@H](C1)N2Cc1cc(F)c(F)cc1F. The van der Waals surface area contributed by atoms with Crippen LogP contribution in [-0.4, -0.2) is 46.4 Å². The van der Waals surface area contributed by atoms with Crippen molar-refractivity contribution in [2.75, 3.05) is 6.54 Å². The zero-order chi connectivity index (χ0) is 20.7. The van der Waals surface area contributed by atoms with Gasteiger partial charge in [0, 0.05) is 36.8 Å². The molecule has 4 rings (SSSR count). The van der Waals surface area contributed by atoms with E-state index in [1.807, 2.05) is 0 Å². The zero-order valence-electron chi connectivity index (χ0n) is 16.2. The number of nitrogens with two attached hydrogens (primary N) is 1. The lowest BCUT2D eigenvalue weighted by atomic mass is 9.84. The smallest absolute Gasteiger partial charge is 0.240 e. The van der Waals surface area contributed by atoms with Crippen LogP contribution in [0.2, 0.25) is 0 Å². The quantitative estimate of drug-likeness (QED) is 0.781. The molecule has 3 heterocycles. The van der Waals surface area contributed by atoms with Crippen LogP contribution >= 0.6 is 0 Å². The second-order valence-electron chi connectivity index (χ2n) is 8.49. The zero-order valence-corrected chi connectivity index (χ0v) is 16.2. The van der Waals surface area contributed by atoms with Crippen molar-refractivity contribution in [1.29, 1.82) is 5.26 Å². The van der Waals surface area contributed by atoms with Gasteiger partial charge in [-0.1, -0.05) is 0 Å². The van der Waals surface area contributed by atoms with E-state index in [-0.39, 0.29) is 42.1 Å². The fourth-order valence-corrected chi connectivity index (χ4v) is 5.31. The molecule has 0 saturated carbocycles. The average molecular weight is 406 g/mol. The Balaban J connectivity index is 1.43. The second-order valence-corrected chi connectivity index (χ2v) is 8.49. The molecule has 2 bridgehead atoms. The lowest BCUT2D eigenvalue weighted by molar-refractivity contribution is -0.134. The van der Waals surface area contributed by atoms with Gasteiger partial charge in [-0.3, -0.25) is 9.69 Å². The van der Waals surface area contributed by atoms with Gasteiger partial charge in [0.25, 0.3) is 0 Å². The van der Waals surface area contributed by atoms with Crippen molar-refractivity contribution in [2.24, 2.45) is 11.7 Å². The number of fused-ring (bicyclic) bond motifs is 2. The van der Waals surface area contributed by atoms with Crippen LogP contribution in [0.5, 0.6) is 0 Å². The summed E-state index contributed by atoms with van der Waals surface area (Å²) in [7, 11) is 0. The van der Waals surface area contributed by atoms with Crippen LogP contribution in [0, 0.1) is 34.7 Å². The highest BCUT2D eigenvalue weighted by Gasteiger charge is 2.45. The van der Waals surface area contributed by atoms with Crippen LogP contribution < -0.4 is 5.73 Å². The van der Waals surface area contributed by atoms with E-state index >= 15 is 0 Å². The molecule has 29 heavy (non-hydrogen) atoms. The summed E-state index contributed by atoms with van der Waals surface area (Å²) in [6, 6.07) is 2.94. The van der Waals surface area contributed by atoms with Gasteiger partial charge in [0.2, 0.25) is 5.91 Å². The molecule has 156 valence electrons. The van der Waals surface area contributed by atoms with Gasteiger partial charge in [0.15, 0.2) is 11.6 Å². The normalized spacial score (nSPS) is 30.4.